The van der Waals surface area contributed by atoms with Gasteiger partial charge < -0.3 is 10.0 Å². The van der Waals surface area contributed by atoms with Crippen LogP contribution in [0.5, 0.6) is 0 Å². The largest absolute Gasteiger partial charge is 0.390 e. The molecule has 1 aliphatic rings. The smallest absolute Gasteiger partial charge is 0.253 e. The average molecular weight is 234 g/mol. The van der Waals surface area contributed by atoms with Crippen LogP contribution in [0.3, 0.4) is 0 Å². The second-order valence-electron chi connectivity index (χ2n) is 4.98. The highest BCUT2D eigenvalue weighted by Crippen LogP contribution is 2.22. The van der Waals surface area contributed by atoms with E-state index in [1.54, 1.807) is 23.2 Å². The highest BCUT2D eigenvalue weighted by Gasteiger charge is 2.29. The lowest BCUT2D eigenvalue weighted by atomic mass is 9.93. The van der Waals surface area contributed by atoms with Gasteiger partial charge in [0.25, 0.3) is 5.91 Å². The Morgan fingerprint density at radius 1 is 1.47 bits per heavy atom. The van der Waals surface area contributed by atoms with Crippen LogP contribution >= 0.6 is 0 Å². The highest BCUT2D eigenvalue weighted by atomic mass is 16.3. The maximum absolute atomic E-state index is 12.2. The van der Waals surface area contributed by atoms with Gasteiger partial charge in [0.2, 0.25) is 0 Å². The molecule has 92 valence electrons. The van der Waals surface area contributed by atoms with Crippen LogP contribution in [0.1, 0.15) is 35.8 Å². The Balaban J connectivity index is 2.07. The maximum Gasteiger partial charge on any atom is 0.253 e. The van der Waals surface area contributed by atoms with Gasteiger partial charge in [0, 0.05) is 30.5 Å². The van der Waals surface area contributed by atoms with Crippen LogP contribution in [0.2, 0.25) is 0 Å². The number of hydrogen-bond donors (Lipinski definition) is 1. The molecule has 1 fully saturated rings. The number of carbonyl (C=O) groups is 1. The summed E-state index contributed by atoms with van der Waals surface area (Å²) in [7, 11) is 0. The van der Waals surface area contributed by atoms with E-state index in [2.05, 4.69) is 4.98 Å². The molecule has 4 nitrogen and oxygen atoms in total. The number of aliphatic hydroxyl groups is 1. The maximum atomic E-state index is 12.2. The molecule has 0 aromatic carbocycles. The Kier molecular flexibility index (Phi) is 3.15. The SMILES string of the molecule is Cc1cc(C(=O)N2CCC(C)(O)CC2)ccn1. The first-order valence-corrected chi connectivity index (χ1v) is 5.92. The number of rotatable bonds is 1. The van der Waals surface area contributed by atoms with Gasteiger partial charge in [0.15, 0.2) is 0 Å². The first-order chi connectivity index (χ1) is 7.98. The van der Waals surface area contributed by atoms with Crippen LogP contribution in [-0.4, -0.2) is 39.6 Å². The van der Waals surface area contributed by atoms with Gasteiger partial charge in [0.1, 0.15) is 0 Å². The van der Waals surface area contributed by atoms with Crippen LogP contribution in [-0.2, 0) is 0 Å². The zero-order chi connectivity index (χ0) is 12.5. The average Bonchev–Trinajstić information content (AvgIpc) is 2.28. The second-order valence-corrected chi connectivity index (χ2v) is 4.98. The molecule has 17 heavy (non-hydrogen) atoms. The van der Waals surface area contributed by atoms with Crippen molar-refractivity contribution in [2.75, 3.05) is 13.1 Å². The number of nitrogens with zero attached hydrogens (tertiary/aromatic N) is 2. The molecule has 0 bridgehead atoms. The Hall–Kier alpha value is -1.42. The molecule has 1 amide bonds. The summed E-state index contributed by atoms with van der Waals surface area (Å²) in [4.78, 5) is 18.1. The molecule has 0 saturated carbocycles. The molecule has 1 aromatic heterocycles. The molecule has 1 aromatic rings. The highest BCUT2D eigenvalue weighted by molar-refractivity contribution is 5.94. The van der Waals surface area contributed by atoms with E-state index in [1.807, 2.05) is 13.8 Å². The minimum absolute atomic E-state index is 0.0333. The van der Waals surface area contributed by atoms with Crippen molar-refractivity contribution in [1.82, 2.24) is 9.88 Å². The van der Waals surface area contributed by atoms with Crippen molar-refractivity contribution >= 4 is 5.91 Å². The van der Waals surface area contributed by atoms with Gasteiger partial charge in [-0.3, -0.25) is 9.78 Å². The first-order valence-electron chi connectivity index (χ1n) is 5.92. The summed E-state index contributed by atoms with van der Waals surface area (Å²) in [5, 5.41) is 9.84. The van der Waals surface area contributed by atoms with E-state index in [4.69, 9.17) is 0 Å². The molecular weight excluding hydrogens is 216 g/mol. The van der Waals surface area contributed by atoms with E-state index < -0.39 is 5.60 Å². The van der Waals surface area contributed by atoms with E-state index in [9.17, 15) is 9.90 Å². The number of aromatic nitrogens is 1. The fourth-order valence-electron chi connectivity index (χ4n) is 2.05. The predicted octanol–water partition coefficient (Wildman–Crippen LogP) is 1.38. The Labute approximate surface area is 101 Å². The third-order valence-electron chi connectivity index (χ3n) is 3.27. The van der Waals surface area contributed by atoms with Crippen molar-refractivity contribution in [2.24, 2.45) is 0 Å². The molecule has 0 aliphatic carbocycles. The van der Waals surface area contributed by atoms with Crippen molar-refractivity contribution in [2.45, 2.75) is 32.3 Å². The predicted molar refractivity (Wildman–Crippen MR) is 64.7 cm³/mol. The molecule has 0 atom stereocenters. The van der Waals surface area contributed by atoms with Crippen LogP contribution in [0.15, 0.2) is 18.3 Å². The molecule has 1 saturated heterocycles. The Morgan fingerprint density at radius 3 is 2.71 bits per heavy atom. The number of aryl methyl sites for hydroxylation is 1. The monoisotopic (exact) mass is 234 g/mol. The zero-order valence-electron chi connectivity index (χ0n) is 10.3. The Bertz CT molecular complexity index is 419. The van der Waals surface area contributed by atoms with Crippen molar-refractivity contribution in [3.05, 3.63) is 29.6 Å². The lowest BCUT2D eigenvalue weighted by molar-refractivity contribution is -0.00203. The molecular formula is C13H18N2O2. The Morgan fingerprint density at radius 2 is 2.12 bits per heavy atom. The van der Waals surface area contributed by atoms with E-state index in [-0.39, 0.29) is 5.91 Å². The summed E-state index contributed by atoms with van der Waals surface area (Å²) < 4.78 is 0. The summed E-state index contributed by atoms with van der Waals surface area (Å²) in [6, 6.07) is 3.54. The number of amides is 1. The molecule has 2 rings (SSSR count). The summed E-state index contributed by atoms with van der Waals surface area (Å²) in [6.07, 6.45) is 2.94. The van der Waals surface area contributed by atoms with Gasteiger partial charge in [-0.2, -0.15) is 0 Å². The lowest BCUT2D eigenvalue weighted by Crippen LogP contribution is -2.45. The fourth-order valence-corrected chi connectivity index (χ4v) is 2.05. The van der Waals surface area contributed by atoms with Crippen LogP contribution in [0.25, 0.3) is 0 Å². The van der Waals surface area contributed by atoms with Crippen LogP contribution in [0.4, 0.5) is 0 Å². The first kappa shape index (κ1) is 12.0. The standard InChI is InChI=1S/C13H18N2O2/c1-10-9-11(3-6-14-10)12(16)15-7-4-13(2,17)5-8-15/h3,6,9,17H,4-5,7-8H2,1-2H3. The van der Waals surface area contributed by atoms with Crippen molar-refractivity contribution in [3.8, 4) is 0 Å². The number of piperidine rings is 1. The molecule has 2 heterocycles. The topological polar surface area (TPSA) is 53.4 Å². The zero-order valence-corrected chi connectivity index (χ0v) is 10.3. The van der Waals surface area contributed by atoms with Crippen LogP contribution < -0.4 is 0 Å². The van der Waals surface area contributed by atoms with E-state index in [0.29, 0.717) is 31.5 Å². The second kappa shape index (κ2) is 4.45. The van der Waals surface area contributed by atoms with Gasteiger partial charge in [-0.15, -0.1) is 0 Å². The normalized spacial score (nSPS) is 19.1. The minimum atomic E-state index is -0.620. The van der Waals surface area contributed by atoms with Gasteiger partial charge in [-0.25, -0.2) is 0 Å². The minimum Gasteiger partial charge on any atom is -0.390 e. The van der Waals surface area contributed by atoms with Gasteiger partial charge in [0.05, 0.1) is 5.60 Å². The van der Waals surface area contributed by atoms with Crippen molar-refractivity contribution in [1.29, 1.82) is 0 Å². The number of pyridine rings is 1. The molecule has 0 spiro atoms. The summed E-state index contributed by atoms with van der Waals surface area (Å²) in [5.41, 5.74) is 0.907. The van der Waals surface area contributed by atoms with Gasteiger partial charge in [-0.05, 0) is 38.8 Å². The van der Waals surface area contributed by atoms with Gasteiger partial charge >= 0.3 is 0 Å². The lowest BCUT2D eigenvalue weighted by Gasteiger charge is -2.35. The molecule has 0 radical (unpaired) electrons. The van der Waals surface area contributed by atoms with E-state index in [0.717, 1.165) is 5.69 Å². The molecule has 0 unspecified atom stereocenters. The molecule has 1 aliphatic heterocycles. The number of likely N-dealkylation sites (tertiary alicyclic amines) is 1. The third-order valence-corrected chi connectivity index (χ3v) is 3.27. The molecule has 1 N–H and O–H groups in total. The van der Waals surface area contributed by atoms with Crippen LogP contribution in [0, 0.1) is 6.92 Å². The van der Waals surface area contributed by atoms with Gasteiger partial charge in [-0.1, -0.05) is 0 Å². The summed E-state index contributed by atoms with van der Waals surface area (Å²) in [5.74, 6) is 0.0333. The quantitative estimate of drug-likeness (QED) is 0.798. The number of hydrogen-bond acceptors (Lipinski definition) is 3. The van der Waals surface area contributed by atoms with Crippen molar-refractivity contribution < 1.29 is 9.90 Å². The van der Waals surface area contributed by atoms with E-state index >= 15 is 0 Å². The van der Waals surface area contributed by atoms with E-state index in [1.165, 1.54) is 0 Å². The number of carbonyl (C=O) groups excluding carboxylic acids is 1. The van der Waals surface area contributed by atoms with Crippen molar-refractivity contribution in [3.63, 3.8) is 0 Å². The fraction of sp³-hybridized carbons (Fsp3) is 0.538. The summed E-state index contributed by atoms with van der Waals surface area (Å²) >= 11 is 0. The third kappa shape index (κ3) is 2.82. The molecule has 4 heteroatoms. The summed E-state index contributed by atoms with van der Waals surface area (Å²) in [6.45, 7) is 4.93.